The summed E-state index contributed by atoms with van der Waals surface area (Å²) in [5.74, 6) is 10.2. The molecule has 2 rings (SSSR count). The Morgan fingerprint density at radius 2 is 2.08 bits per heavy atom. The van der Waals surface area contributed by atoms with Crippen molar-refractivity contribution in [2.75, 3.05) is 6.61 Å². The summed E-state index contributed by atoms with van der Waals surface area (Å²) in [5, 5.41) is 11.6. The van der Waals surface area contributed by atoms with E-state index in [-0.39, 0.29) is 24.0 Å². The molecule has 0 radical (unpaired) electrons. The maximum atomic E-state index is 11.2. The minimum absolute atomic E-state index is 0.0133. The van der Waals surface area contributed by atoms with E-state index in [0.29, 0.717) is 16.1 Å². The topological polar surface area (TPSA) is 60.8 Å². The van der Waals surface area contributed by atoms with Gasteiger partial charge in [0.15, 0.2) is 19.7 Å². The lowest BCUT2D eigenvalue weighted by Crippen LogP contribution is -2.45. The number of hydrogen-bond donors (Lipinski definition) is 1. The number of nitrogens with zero attached hydrogens (tertiary/aromatic N) is 1. The van der Waals surface area contributed by atoms with E-state index in [4.69, 9.17) is 38.3 Å². The van der Waals surface area contributed by atoms with Gasteiger partial charge in [0.05, 0.1) is 17.5 Å². The van der Waals surface area contributed by atoms with Crippen LogP contribution < -0.4 is 0 Å². The highest BCUT2D eigenvalue weighted by Gasteiger charge is 2.45. The lowest BCUT2D eigenvalue weighted by atomic mass is 9.93. The van der Waals surface area contributed by atoms with Crippen molar-refractivity contribution in [1.29, 1.82) is 0 Å². The first-order valence-electron chi connectivity index (χ1n) is 12.1. The van der Waals surface area contributed by atoms with Crippen molar-refractivity contribution in [1.82, 2.24) is 4.98 Å². The Morgan fingerprint density at radius 3 is 2.59 bits per heavy atom. The average molecular weight is 607 g/mol. The molecule has 0 aliphatic carbocycles. The van der Waals surface area contributed by atoms with Crippen LogP contribution in [0.5, 0.6) is 0 Å². The molecule has 4 atom stereocenters. The van der Waals surface area contributed by atoms with Crippen LogP contribution in [0.15, 0.2) is 28.9 Å². The first kappa shape index (κ1) is 31.6. The molecule has 1 aromatic heterocycles. The Morgan fingerprint density at radius 1 is 1.41 bits per heavy atom. The Balaban J connectivity index is 2.44. The number of ether oxygens (including phenoxy) is 2. The Kier molecular flexibility index (Phi) is 10.7. The molecular weight excluding hydrogens is 570 g/mol. The molecule has 1 saturated heterocycles. The summed E-state index contributed by atoms with van der Waals surface area (Å²) >= 11 is 9.93. The van der Waals surface area contributed by atoms with E-state index in [1.807, 2.05) is 18.2 Å². The molecule has 1 aromatic rings. The number of terminal acetylenes is 2. The molecule has 0 amide bonds. The molecule has 0 unspecified atom stereocenters. The Bertz CT molecular complexity index is 1140. The Labute approximate surface area is 237 Å². The molecule has 0 spiro atoms. The Hall–Kier alpha value is -1.60. The van der Waals surface area contributed by atoms with Gasteiger partial charge in [-0.2, -0.15) is 0 Å². The second-order valence-electron chi connectivity index (χ2n) is 11.2. The van der Waals surface area contributed by atoms with Crippen molar-refractivity contribution < 1.29 is 19.0 Å². The molecule has 1 aliphatic heterocycles. The summed E-state index contributed by atoms with van der Waals surface area (Å²) < 4.78 is 18.6. The van der Waals surface area contributed by atoms with Crippen LogP contribution in [0.2, 0.25) is 23.3 Å². The van der Waals surface area contributed by atoms with Crippen molar-refractivity contribution in [2.24, 2.45) is 5.92 Å². The van der Waals surface area contributed by atoms with E-state index >= 15 is 0 Å². The van der Waals surface area contributed by atoms with Gasteiger partial charge < -0.3 is 19.0 Å². The van der Waals surface area contributed by atoms with Crippen LogP contribution in [0.3, 0.4) is 0 Å². The van der Waals surface area contributed by atoms with Gasteiger partial charge in [0, 0.05) is 12.1 Å². The van der Waals surface area contributed by atoms with E-state index in [1.165, 1.54) is 0 Å². The van der Waals surface area contributed by atoms with Crippen molar-refractivity contribution in [3.8, 4) is 36.5 Å². The summed E-state index contributed by atoms with van der Waals surface area (Å²) in [4.78, 5) is 4.20. The summed E-state index contributed by atoms with van der Waals surface area (Å²) in [6.07, 6.45) is 14.4. The van der Waals surface area contributed by atoms with Crippen LogP contribution in [0.1, 0.15) is 46.6 Å². The molecule has 0 bridgehead atoms. The molecular formula is C29H37BrClNO4Si. The maximum Gasteiger partial charge on any atom is 0.193 e. The minimum atomic E-state index is -2.19. The summed E-state index contributed by atoms with van der Waals surface area (Å²) in [6.45, 7) is 14.6. The summed E-state index contributed by atoms with van der Waals surface area (Å²) in [7, 11) is -2.19. The highest BCUT2D eigenvalue weighted by atomic mass is 79.9. The molecule has 37 heavy (non-hydrogen) atoms. The number of aromatic nitrogens is 1. The highest BCUT2D eigenvalue weighted by Crippen LogP contribution is 2.39. The summed E-state index contributed by atoms with van der Waals surface area (Å²) in [5.41, 5.74) is -0.735. The second kappa shape index (κ2) is 12.5. The third kappa shape index (κ3) is 8.71. The van der Waals surface area contributed by atoms with Gasteiger partial charge in [-0.25, -0.2) is 4.98 Å². The van der Waals surface area contributed by atoms with Crippen LogP contribution in [-0.4, -0.2) is 48.6 Å². The normalized spacial score (nSPS) is 21.1. The van der Waals surface area contributed by atoms with Crippen molar-refractivity contribution in [3.05, 3.63) is 39.6 Å². The van der Waals surface area contributed by atoms with Gasteiger partial charge in [0.1, 0.15) is 17.4 Å². The van der Waals surface area contributed by atoms with Gasteiger partial charge in [-0.15, -0.1) is 18.8 Å². The molecule has 200 valence electrons. The fourth-order valence-corrected chi connectivity index (χ4v) is 5.40. The van der Waals surface area contributed by atoms with E-state index in [1.54, 1.807) is 20.0 Å². The van der Waals surface area contributed by atoms with E-state index in [9.17, 15) is 5.11 Å². The molecule has 8 heteroatoms. The highest BCUT2D eigenvalue weighted by molar-refractivity contribution is 9.12. The molecule has 0 aromatic carbocycles. The predicted molar refractivity (Wildman–Crippen MR) is 155 cm³/mol. The van der Waals surface area contributed by atoms with Gasteiger partial charge in [-0.3, -0.25) is 0 Å². The standard InChI is InChI=1S/C29H37BrClNO4Si/c1-10-15-29(33,25-20-34-28(6,7)35-25)16-14-23(30)19-22(18-21-13-12-17-32-26(21)31)24(11-2)36-37(8,9)27(3,4)5/h1-2,12-13,17,19,22,24-25,33H,15,18,20H2,3-9H3/b23-19-/t22-,24-,25+,29+/m0/s1. The molecule has 1 fully saturated rings. The molecule has 1 aliphatic rings. The maximum absolute atomic E-state index is 11.2. The fraction of sp³-hybridized carbons (Fsp3) is 0.552. The predicted octanol–water partition coefficient (Wildman–Crippen LogP) is 6.11. The van der Waals surface area contributed by atoms with Crippen LogP contribution in [0.25, 0.3) is 0 Å². The van der Waals surface area contributed by atoms with Crippen molar-refractivity contribution in [3.63, 3.8) is 0 Å². The van der Waals surface area contributed by atoms with Gasteiger partial charge in [-0.1, -0.05) is 62.3 Å². The lowest BCUT2D eigenvalue weighted by molar-refractivity contribution is -0.159. The van der Waals surface area contributed by atoms with Gasteiger partial charge in [0.2, 0.25) is 0 Å². The lowest BCUT2D eigenvalue weighted by Gasteiger charge is -2.39. The molecule has 2 heterocycles. The van der Waals surface area contributed by atoms with Crippen LogP contribution in [-0.2, 0) is 20.3 Å². The van der Waals surface area contributed by atoms with Gasteiger partial charge in [0.25, 0.3) is 0 Å². The van der Waals surface area contributed by atoms with Gasteiger partial charge >= 0.3 is 0 Å². The number of allylic oxidation sites excluding steroid dienone is 1. The third-order valence-electron chi connectivity index (χ3n) is 6.74. The third-order valence-corrected chi connectivity index (χ3v) is 12.0. The molecule has 5 nitrogen and oxygen atoms in total. The van der Waals surface area contributed by atoms with Gasteiger partial charge in [-0.05, 0) is 66.0 Å². The SMILES string of the molecule is C#CC[C@@](O)(C#C/C(Br)=C/[C@H](Cc1cccnc1Cl)[C@H](C#C)O[Si](C)(C)C(C)(C)C)[C@H]1COC(C)(C)O1. The first-order chi connectivity index (χ1) is 17.0. The number of rotatable bonds is 8. The largest absolute Gasteiger partial charge is 0.403 e. The minimum Gasteiger partial charge on any atom is -0.403 e. The zero-order chi connectivity index (χ0) is 28.1. The molecule has 1 N–H and O–H groups in total. The van der Waals surface area contributed by atoms with Crippen molar-refractivity contribution >= 4 is 35.8 Å². The molecule has 0 saturated carbocycles. The zero-order valence-corrected chi connectivity index (χ0v) is 26.0. The van der Waals surface area contributed by atoms with Crippen LogP contribution in [0, 0.1) is 42.4 Å². The number of halogens is 2. The quantitative estimate of drug-likeness (QED) is 0.220. The van der Waals surface area contributed by atoms with E-state index in [0.717, 1.165) is 5.56 Å². The number of pyridine rings is 1. The summed E-state index contributed by atoms with van der Waals surface area (Å²) in [6, 6.07) is 3.75. The first-order valence-corrected chi connectivity index (χ1v) is 16.2. The number of hydrogen-bond acceptors (Lipinski definition) is 5. The average Bonchev–Trinajstić information content (AvgIpc) is 3.17. The van der Waals surface area contributed by atoms with E-state index in [2.05, 4.69) is 78.5 Å². The van der Waals surface area contributed by atoms with Crippen LogP contribution in [0.4, 0.5) is 0 Å². The van der Waals surface area contributed by atoms with Crippen molar-refractivity contribution in [2.45, 2.75) is 89.2 Å². The fourth-order valence-electron chi connectivity index (χ4n) is 3.53. The monoisotopic (exact) mass is 605 g/mol. The number of aliphatic hydroxyl groups is 1. The smallest absolute Gasteiger partial charge is 0.193 e. The zero-order valence-electron chi connectivity index (χ0n) is 22.7. The van der Waals surface area contributed by atoms with Crippen LogP contribution >= 0.6 is 27.5 Å². The second-order valence-corrected chi connectivity index (χ2v) is 17.1. The van der Waals surface area contributed by atoms with E-state index < -0.39 is 31.9 Å².